The van der Waals surface area contributed by atoms with E-state index in [1.165, 1.54) is 6.20 Å². The normalized spacial score (nSPS) is 10.1. The summed E-state index contributed by atoms with van der Waals surface area (Å²) in [5.41, 5.74) is 0.589. The zero-order chi connectivity index (χ0) is 16.1. The van der Waals surface area contributed by atoms with Crippen LogP contribution < -0.4 is 10.6 Å². The van der Waals surface area contributed by atoms with Crippen molar-refractivity contribution in [1.82, 2.24) is 10.3 Å². The maximum atomic E-state index is 13.4. The quantitative estimate of drug-likeness (QED) is 0.908. The second-order valence-corrected chi connectivity index (χ2v) is 4.57. The predicted octanol–water partition coefficient (Wildman–Crippen LogP) is 2.04. The molecule has 0 saturated carbocycles. The van der Waals surface area contributed by atoms with Gasteiger partial charge in [-0.2, -0.15) is 0 Å². The number of carbonyl (C=O) groups is 2. The molecule has 1 heterocycles. The fourth-order valence-electron chi connectivity index (χ4n) is 1.72. The van der Waals surface area contributed by atoms with Gasteiger partial charge >= 0.3 is 0 Å². The molecule has 0 aliphatic heterocycles. The minimum Gasteiger partial charge on any atom is -0.343 e. The van der Waals surface area contributed by atoms with E-state index in [0.717, 1.165) is 17.7 Å². The number of aromatic nitrogens is 1. The number of amides is 2. The summed E-state index contributed by atoms with van der Waals surface area (Å²) < 4.78 is 26.2. The molecule has 2 amide bonds. The van der Waals surface area contributed by atoms with E-state index < -0.39 is 23.4 Å². The van der Waals surface area contributed by atoms with Gasteiger partial charge in [-0.15, -0.1) is 0 Å². The first-order chi connectivity index (χ1) is 10.5. The highest BCUT2D eigenvalue weighted by Crippen LogP contribution is 2.09. The van der Waals surface area contributed by atoms with Gasteiger partial charge in [0.15, 0.2) is 0 Å². The lowest BCUT2D eigenvalue weighted by Crippen LogP contribution is -2.33. The number of nitrogens with zero attached hydrogens (tertiary/aromatic N) is 1. The number of pyridine rings is 1. The number of nitrogens with one attached hydrogen (secondary N) is 2. The number of hydrogen-bond acceptors (Lipinski definition) is 3. The Morgan fingerprint density at radius 3 is 2.64 bits per heavy atom. The number of benzene rings is 1. The van der Waals surface area contributed by atoms with E-state index in [1.807, 2.05) is 6.92 Å². The second-order valence-electron chi connectivity index (χ2n) is 4.57. The molecule has 114 valence electrons. The van der Waals surface area contributed by atoms with E-state index in [4.69, 9.17) is 0 Å². The van der Waals surface area contributed by atoms with Crippen LogP contribution in [0.5, 0.6) is 0 Å². The molecule has 22 heavy (non-hydrogen) atoms. The van der Waals surface area contributed by atoms with Crippen molar-refractivity contribution in [3.63, 3.8) is 0 Å². The molecule has 7 heteroatoms. The van der Waals surface area contributed by atoms with Crippen molar-refractivity contribution in [2.24, 2.45) is 0 Å². The van der Waals surface area contributed by atoms with Gasteiger partial charge in [0, 0.05) is 12.3 Å². The van der Waals surface area contributed by atoms with E-state index in [9.17, 15) is 18.4 Å². The van der Waals surface area contributed by atoms with Crippen molar-refractivity contribution in [2.45, 2.75) is 6.92 Å². The molecule has 0 aliphatic carbocycles. The molecule has 0 spiro atoms. The summed E-state index contributed by atoms with van der Waals surface area (Å²) in [4.78, 5) is 27.3. The Kier molecular flexibility index (Phi) is 4.77. The first kappa shape index (κ1) is 15.6. The summed E-state index contributed by atoms with van der Waals surface area (Å²) >= 11 is 0. The minimum absolute atomic E-state index is 0.331. The summed E-state index contributed by atoms with van der Waals surface area (Å²) in [7, 11) is 0. The van der Waals surface area contributed by atoms with E-state index in [2.05, 4.69) is 15.6 Å². The van der Waals surface area contributed by atoms with Crippen molar-refractivity contribution in [3.05, 3.63) is 59.3 Å². The SMILES string of the molecule is Cc1ccnc(NC(=O)CNC(=O)c2ccc(F)cc2F)c1. The van der Waals surface area contributed by atoms with Gasteiger partial charge in [0.05, 0.1) is 12.1 Å². The number of aryl methyl sites for hydroxylation is 1. The standard InChI is InChI=1S/C15H13F2N3O2/c1-9-4-5-18-13(6-9)20-14(21)8-19-15(22)11-3-2-10(16)7-12(11)17/h2-7H,8H2,1H3,(H,19,22)(H,18,20,21). The maximum Gasteiger partial charge on any atom is 0.254 e. The van der Waals surface area contributed by atoms with Gasteiger partial charge in [-0.25, -0.2) is 13.8 Å². The number of hydrogen-bond donors (Lipinski definition) is 2. The Morgan fingerprint density at radius 1 is 1.18 bits per heavy atom. The van der Waals surface area contributed by atoms with Crippen LogP contribution in [0.1, 0.15) is 15.9 Å². The van der Waals surface area contributed by atoms with Crippen LogP contribution in [-0.4, -0.2) is 23.3 Å². The molecule has 0 bridgehead atoms. The van der Waals surface area contributed by atoms with Crippen LogP contribution in [0.25, 0.3) is 0 Å². The molecule has 1 aromatic heterocycles. The van der Waals surface area contributed by atoms with Crippen molar-refractivity contribution in [1.29, 1.82) is 0 Å². The average Bonchev–Trinajstić information content (AvgIpc) is 2.45. The molecule has 0 atom stereocenters. The molecule has 0 aliphatic rings. The molecule has 0 fully saturated rings. The van der Waals surface area contributed by atoms with Gasteiger partial charge in [-0.05, 0) is 36.8 Å². The predicted molar refractivity (Wildman–Crippen MR) is 76.3 cm³/mol. The topological polar surface area (TPSA) is 71.1 Å². The minimum atomic E-state index is -0.988. The Labute approximate surface area is 125 Å². The highest BCUT2D eigenvalue weighted by atomic mass is 19.1. The van der Waals surface area contributed by atoms with E-state index >= 15 is 0 Å². The van der Waals surface area contributed by atoms with Crippen molar-refractivity contribution < 1.29 is 18.4 Å². The lowest BCUT2D eigenvalue weighted by Gasteiger charge is -2.07. The summed E-state index contributed by atoms with van der Waals surface area (Å²) in [5.74, 6) is -2.72. The smallest absolute Gasteiger partial charge is 0.254 e. The summed E-state index contributed by atoms with van der Waals surface area (Å²) in [5, 5.41) is 4.75. The Hall–Kier alpha value is -2.83. The average molecular weight is 305 g/mol. The van der Waals surface area contributed by atoms with Gasteiger partial charge < -0.3 is 10.6 Å². The molecule has 2 rings (SSSR count). The van der Waals surface area contributed by atoms with Crippen molar-refractivity contribution in [3.8, 4) is 0 Å². The van der Waals surface area contributed by atoms with Gasteiger partial charge in [-0.1, -0.05) is 0 Å². The van der Waals surface area contributed by atoms with E-state index in [-0.39, 0.29) is 12.1 Å². The molecule has 0 saturated heterocycles. The summed E-state index contributed by atoms with van der Waals surface area (Å²) in [6.07, 6.45) is 1.54. The lowest BCUT2D eigenvalue weighted by atomic mass is 10.2. The molecule has 1 aromatic carbocycles. The molecule has 0 unspecified atom stereocenters. The van der Waals surface area contributed by atoms with Gasteiger partial charge in [0.2, 0.25) is 5.91 Å². The molecule has 0 radical (unpaired) electrons. The van der Waals surface area contributed by atoms with E-state index in [0.29, 0.717) is 11.9 Å². The highest BCUT2D eigenvalue weighted by molar-refractivity contribution is 5.99. The van der Waals surface area contributed by atoms with Crippen LogP contribution in [0.3, 0.4) is 0 Å². The number of rotatable bonds is 4. The number of carbonyl (C=O) groups excluding carboxylic acids is 2. The zero-order valence-corrected chi connectivity index (χ0v) is 11.7. The van der Waals surface area contributed by atoms with Crippen LogP contribution in [-0.2, 0) is 4.79 Å². The largest absolute Gasteiger partial charge is 0.343 e. The number of halogens is 2. The molecular weight excluding hydrogens is 292 g/mol. The molecule has 2 aromatic rings. The van der Waals surface area contributed by atoms with Gasteiger partial charge in [-0.3, -0.25) is 9.59 Å². The monoisotopic (exact) mass is 305 g/mol. The fourth-order valence-corrected chi connectivity index (χ4v) is 1.72. The number of anilines is 1. The fraction of sp³-hybridized carbons (Fsp3) is 0.133. The summed E-state index contributed by atoms with van der Waals surface area (Å²) in [6.45, 7) is 1.49. The Bertz CT molecular complexity index is 720. The Morgan fingerprint density at radius 2 is 1.95 bits per heavy atom. The van der Waals surface area contributed by atoms with Crippen molar-refractivity contribution in [2.75, 3.05) is 11.9 Å². The Balaban J connectivity index is 1.92. The zero-order valence-electron chi connectivity index (χ0n) is 11.7. The van der Waals surface area contributed by atoms with Crippen molar-refractivity contribution >= 4 is 17.6 Å². The summed E-state index contributed by atoms with van der Waals surface area (Å²) in [6, 6.07) is 6.02. The maximum absolute atomic E-state index is 13.4. The molecule has 5 nitrogen and oxygen atoms in total. The first-order valence-corrected chi connectivity index (χ1v) is 6.41. The van der Waals surface area contributed by atoms with Crippen LogP contribution in [0.15, 0.2) is 36.5 Å². The third-order valence-electron chi connectivity index (χ3n) is 2.77. The van der Waals surface area contributed by atoms with Crippen LogP contribution in [0, 0.1) is 18.6 Å². The molecule has 2 N–H and O–H groups in total. The lowest BCUT2D eigenvalue weighted by molar-refractivity contribution is -0.115. The van der Waals surface area contributed by atoms with Gasteiger partial charge in [0.1, 0.15) is 17.5 Å². The van der Waals surface area contributed by atoms with Crippen LogP contribution in [0.2, 0.25) is 0 Å². The van der Waals surface area contributed by atoms with Gasteiger partial charge in [0.25, 0.3) is 5.91 Å². The van der Waals surface area contributed by atoms with Crippen LogP contribution in [0.4, 0.5) is 14.6 Å². The third-order valence-corrected chi connectivity index (χ3v) is 2.77. The first-order valence-electron chi connectivity index (χ1n) is 6.41. The van der Waals surface area contributed by atoms with E-state index in [1.54, 1.807) is 12.1 Å². The third kappa shape index (κ3) is 4.08. The second kappa shape index (κ2) is 6.75. The molecular formula is C15H13F2N3O2. The van der Waals surface area contributed by atoms with Crippen LogP contribution >= 0.6 is 0 Å². The highest BCUT2D eigenvalue weighted by Gasteiger charge is 2.13.